The molecular formula is C20H15ClN2O5. The number of hydroxylamine groups is 1. The average Bonchev–Trinajstić information content (AvgIpc) is 2.70. The van der Waals surface area contributed by atoms with Crippen LogP contribution in [0.25, 0.3) is 0 Å². The van der Waals surface area contributed by atoms with E-state index < -0.39 is 10.8 Å². The van der Waals surface area contributed by atoms with Crippen molar-refractivity contribution in [1.29, 1.82) is 0 Å². The van der Waals surface area contributed by atoms with Gasteiger partial charge in [-0.05, 0) is 42.0 Å². The maximum atomic E-state index is 12.1. The lowest BCUT2D eigenvalue weighted by atomic mass is 10.2. The van der Waals surface area contributed by atoms with Crippen molar-refractivity contribution in [1.82, 2.24) is 5.48 Å². The highest BCUT2D eigenvalue weighted by Crippen LogP contribution is 2.33. The number of amides is 1. The molecule has 0 heterocycles. The highest BCUT2D eigenvalue weighted by atomic mass is 35.5. The highest BCUT2D eigenvalue weighted by molar-refractivity contribution is 6.30. The number of hydrogen-bond acceptors (Lipinski definition) is 5. The molecule has 3 aromatic carbocycles. The topological polar surface area (TPSA) is 90.7 Å². The molecule has 0 unspecified atom stereocenters. The molecule has 3 aromatic rings. The van der Waals surface area contributed by atoms with Crippen LogP contribution in [-0.2, 0) is 11.4 Å². The van der Waals surface area contributed by atoms with E-state index in [4.69, 9.17) is 21.2 Å². The summed E-state index contributed by atoms with van der Waals surface area (Å²) >= 11 is 5.78. The van der Waals surface area contributed by atoms with Crippen molar-refractivity contribution in [3.63, 3.8) is 0 Å². The predicted molar refractivity (Wildman–Crippen MR) is 103 cm³/mol. The Bertz CT molecular complexity index is 978. The average molecular weight is 399 g/mol. The molecule has 1 amide bonds. The Morgan fingerprint density at radius 3 is 2.43 bits per heavy atom. The largest absolute Gasteiger partial charge is 0.450 e. The molecule has 0 fully saturated rings. The summed E-state index contributed by atoms with van der Waals surface area (Å²) in [6.45, 7) is 0.244. The summed E-state index contributed by atoms with van der Waals surface area (Å²) in [6.07, 6.45) is 0. The van der Waals surface area contributed by atoms with Crippen molar-refractivity contribution < 1.29 is 19.3 Å². The van der Waals surface area contributed by atoms with Gasteiger partial charge in [-0.3, -0.25) is 19.7 Å². The number of nitrogens with zero attached hydrogens (tertiary/aromatic N) is 1. The predicted octanol–water partition coefficient (Wildman–Crippen LogP) is 4.90. The van der Waals surface area contributed by atoms with Crippen LogP contribution >= 0.6 is 11.6 Å². The van der Waals surface area contributed by atoms with Crippen molar-refractivity contribution in [2.24, 2.45) is 0 Å². The van der Waals surface area contributed by atoms with Crippen LogP contribution in [0.1, 0.15) is 15.9 Å². The van der Waals surface area contributed by atoms with Crippen LogP contribution in [0.4, 0.5) is 5.69 Å². The SMILES string of the molecule is O=C(NOCc1ccccc1)c1ccc(Oc2ccc(Cl)cc2[N+](=O)[O-])cc1. The van der Waals surface area contributed by atoms with E-state index >= 15 is 0 Å². The maximum Gasteiger partial charge on any atom is 0.313 e. The van der Waals surface area contributed by atoms with Gasteiger partial charge in [-0.25, -0.2) is 5.48 Å². The first-order valence-corrected chi connectivity index (χ1v) is 8.58. The number of nitro groups is 1. The number of ether oxygens (including phenoxy) is 1. The van der Waals surface area contributed by atoms with Crippen molar-refractivity contribution >= 4 is 23.2 Å². The smallest absolute Gasteiger partial charge is 0.313 e. The molecule has 142 valence electrons. The third-order valence-electron chi connectivity index (χ3n) is 3.71. The van der Waals surface area contributed by atoms with Gasteiger partial charge in [0.05, 0.1) is 11.5 Å². The van der Waals surface area contributed by atoms with Crippen LogP contribution in [0, 0.1) is 10.1 Å². The van der Waals surface area contributed by atoms with Crippen molar-refractivity contribution in [2.75, 3.05) is 0 Å². The fourth-order valence-corrected chi connectivity index (χ4v) is 2.51. The second-order valence-corrected chi connectivity index (χ2v) is 6.14. The van der Waals surface area contributed by atoms with Gasteiger partial charge in [0, 0.05) is 16.7 Å². The zero-order valence-corrected chi connectivity index (χ0v) is 15.3. The number of carbonyl (C=O) groups is 1. The third-order valence-corrected chi connectivity index (χ3v) is 3.94. The number of hydrogen-bond donors (Lipinski definition) is 1. The molecule has 7 nitrogen and oxygen atoms in total. The molecule has 0 aromatic heterocycles. The van der Waals surface area contributed by atoms with Crippen molar-refractivity contribution in [2.45, 2.75) is 6.61 Å². The second-order valence-electron chi connectivity index (χ2n) is 5.70. The van der Waals surface area contributed by atoms with E-state index in [1.165, 1.54) is 42.5 Å². The zero-order valence-electron chi connectivity index (χ0n) is 14.5. The van der Waals surface area contributed by atoms with E-state index in [9.17, 15) is 14.9 Å². The number of rotatable bonds is 7. The van der Waals surface area contributed by atoms with Crippen LogP contribution in [-0.4, -0.2) is 10.8 Å². The summed E-state index contributed by atoms with van der Waals surface area (Å²) in [5.41, 5.74) is 3.40. The van der Waals surface area contributed by atoms with Gasteiger partial charge in [-0.2, -0.15) is 0 Å². The Morgan fingerprint density at radius 2 is 1.75 bits per heavy atom. The molecule has 0 aliphatic rings. The first kappa shape index (κ1) is 19.3. The van der Waals surface area contributed by atoms with E-state index in [1.54, 1.807) is 0 Å². The molecule has 0 saturated heterocycles. The van der Waals surface area contributed by atoms with Crippen molar-refractivity contribution in [3.05, 3.63) is 99.1 Å². The summed E-state index contributed by atoms with van der Waals surface area (Å²) in [7, 11) is 0. The van der Waals surface area contributed by atoms with E-state index in [2.05, 4.69) is 5.48 Å². The molecule has 0 saturated carbocycles. The Hall–Kier alpha value is -3.42. The highest BCUT2D eigenvalue weighted by Gasteiger charge is 2.16. The normalized spacial score (nSPS) is 10.3. The minimum atomic E-state index is -0.576. The summed E-state index contributed by atoms with van der Waals surface area (Å²) in [5.74, 6) is -0.0232. The Balaban J connectivity index is 1.60. The fraction of sp³-hybridized carbons (Fsp3) is 0.0500. The Kier molecular flexibility index (Phi) is 6.21. The molecule has 1 N–H and O–H groups in total. The quantitative estimate of drug-likeness (QED) is 0.451. The van der Waals surface area contributed by atoms with Gasteiger partial charge < -0.3 is 4.74 Å². The summed E-state index contributed by atoms with van der Waals surface area (Å²) in [6, 6.07) is 19.7. The third kappa shape index (κ3) is 5.06. The Labute approximate surface area is 165 Å². The lowest BCUT2D eigenvalue weighted by Crippen LogP contribution is -2.23. The molecule has 28 heavy (non-hydrogen) atoms. The lowest BCUT2D eigenvalue weighted by molar-refractivity contribution is -0.385. The number of nitro benzene ring substituents is 1. The van der Waals surface area contributed by atoms with E-state index in [0.717, 1.165) is 5.56 Å². The van der Waals surface area contributed by atoms with Gasteiger partial charge in [-0.1, -0.05) is 41.9 Å². The van der Waals surface area contributed by atoms with E-state index in [-0.39, 0.29) is 23.1 Å². The summed E-state index contributed by atoms with van der Waals surface area (Å²) in [4.78, 5) is 27.8. The molecule has 3 rings (SSSR count). The van der Waals surface area contributed by atoms with E-state index in [0.29, 0.717) is 11.3 Å². The molecule has 0 spiro atoms. The first-order valence-electron chi connectivity index (χ1n) is 8.21. The molecule has 0 atom stereocenters. The Morgan fingerprint density at radius 1 is 1.04 bits per heavy atom. The summed E-state index contributed by atoms with van der Waals surface area (Å²) in [5, 5.41) is 11.3. The van der Waals surface area contributed by atoms with Crippen LogP contribution in [0.15, 0.2) is 72.8 Å². The standard InChI is InChI=1S/C20H15ClN2O5/c21-16-8-11-19(18(12-16)23(25)26)28-17-9-6-15(7-10-17)20(24)22-27-13-14-4-2-1-3-5-14/h1-12H,13H2,(H,22,24). The van der Waals surface area contributed by atoms with Gasteiger partial charge in [0.2, 0.25) is 5.75 Å². The minimum Gasteiger partial charge on any atom is -0.450 e. The van der Waals surface area contributed by atoms with Gasteiger partial charge in [0.15, 0.2) is 0 Å². The molecule has 8 heteroatoms. The number of benzene rings is 3. The summed E-state index contributed by atoms with van der Waals surface area (Å²) < 4.78 is 5.54. The van der Waals surface area contributed by atoms with Crippen LogP contribution in [0.3, 0.4) is 0 Å². The first-order chi connectivity index (χ1) is 13.5. The number of nitrogens with one attached hydrogen (secondary N) is 1. The van der Waals surface area contributed by atoms with Crippen LogP contribution in [0.2, 0.25) is 5.02 Å². The van der Waals surface area contributed by atoms with Gasteiger partial charge in [-0.15, -0.1) is 0 Å². The minimum absolute atomic E-state index is 0.0535. The fourth-order valence-electron chi connectivity index (χ4n) is 2.34. The van der Waals surface area contributed by atoms with Crippen LogP contribution < -0.4 is 10.2 Å². The van der Waals surface area contributed by atoms with Gasteiger partial charge in [0.1, 0.15) is 5.75 Å². The monoisotopic (exact) mass is 398 g/mol. The number of halogens is 1. The number of carbonyl (C=O) groups excluding carboxylic acids is 1. The van der Waals surface area contributed by atoms with Gasteiger partial charge in [0.25, 0.3) is 5.91 Å². The van der Waals surface area contributed by atoms with Gasteiger partial charge >= 0.3 is 5.69 Å². The second kappa shape index (κ2) is 8.98. The van der Waals surface area contributed by atoms with E-state index in [1.807, 2.05) is 30.3 Å². The maximum absolute atomic E-state index is 12.1. The van der Waals surface area contributed by atoms with Crippen molar-refractivity contribution in [3.8, 4) is 11.5 Å². The zero-order chi connectivity index (χ0) is 19.9. The molecule has 0 aliphatic heterocycles. The molecular weight excluding hydrogens is 384 g/mol. The van der Waals surface area contributed by atoms with Crippen LogP contribution in [0.5, 0.6) is 11.5 Å². The lowest BCUT2D eigenvalue weighted by Gasteiger charge is -2.08. The molecule has 0 radical (unpaired) electrons. The molecule has 0 bridgehead atoms. The molecule has 0 aliphatic carbocycles.